The number of likely N-dealkylation sites (N-methyl/N-ethyl adjacent to an activating group) is 1. The molecule has 0 atom stereocenters. The third kappa shape index (κ3) is 4.62. The summed E-state index contributed by atoms with van der Waals surface area (Å²) in [4.78, 5) is 32.3. The number of carbonyl (C=O) groups excluding carboxylic acids is 1. The Morgan fingerprint density at radius 2 is 1.87 bits per heavy atom. The lowest BCUT2D eigenvalue weighted by Crippen LogP contribution is -2.36. The molecule has 0 aliphatic carbocycles. The van der Waals surface area contributed by atoms with Gasteiger partial charge in [0.05, 0.1) is 28.7 Å². The highest BCUT2D eigenvalue weighted by Crippen LogP contribution is 2.34. The number of anilines is 1. The number of nitro benzene ring substituents is 1. The first-order chi connectivity index (χ1) is 14.9. The molecular weight excluding hydrogens is 416 g/mol. The Labute approximate surface area is 184 Å². The summed E-state index contributed by atoms with van der Waals surface area (Å²) in [5.41, 5.74) is 3.10. The van der Waals surface area contributed by atoms with Crippen LogP contribution in [0.25, 0.3) is 6.08 Å². The van der Waals surface area contributed by atoms with Crippen molar-refractivity contribution < 1.29 is 14.5 Å². The highest BCUT2D eigenvalue weighted by atomic mass is 32.2. The van der Waals surface area contributed by atoms with Crippen LogP contribution in [-0.4, -0.2) is 54.2 Å². The van der Waals surface area contributed by atoms with Crippen molar-refractivity contribution in [2.75, 3.05) is 38.3 Å². The Morgan fingerprint density at radius 1 is 1.16 bits per heavy atom. The van der Waals surface area contributed by atoms with Gasteiger partial charge in [0.2, 0.25) is 0 Å². The lowest BCUT2D eigenvalue weighted by Gasteiger charge is -2.28. The quantitative estimate of drug-likeness (QED) is 0.408. The van der Waals surface area contributed by atoms with Gasteiger partial charge in [0.1, 0.15) is 0 Å². The number of hydrogen-bond acceptors (Lipinski definition) is 7. The fourth-order valence-electron chi connectivity index (χ4n) is 3.39. The number of nitrogens with zero attached hydrogens (tertiary/aromatic N) is 4. The first kappa shape index (κ1) is 21.1. The Kier molecular flexibility index (Phi) is 6.06. The highest BCUT2D eigenvalue weighted by molar-refractivity contribution is 8.18. The minimum atomic E-state index is -0.416. The second kappa shape index (κ2) is 8.91. The molecule has 8 nitrogen and oxygen atoms in total. The zero-order chi connectivity index (χ0) is 22.0. The predicted molar refractivity (Wildman–Crippen MR) is 123 cm³/mol. The van der Waals surface area contributed by atoms with Crippen LogP contribution in [0.15, 0.2) is 52.4 Å². The predicted octanol–water partition coefficient (Wildman–Crippen LogP) is 3.97. The largest absolute Gasteiger partial charge is 0.378 e. The van der Waals surface area contributed by atoms with Crippen molar-refractivity contribution in [1.82, 2.24) is 4.90 Å². The van der Waals surface area contributed by atoms with Crippen LogP contribution in [0.5, 0.6) is 0 Å². The molecule has 160 valence electrons. The third-order valence-corrected chi connectivity index (χ3v) is 6.24. The van der Waals surface area contributed by atoms with E-state index in [1.165, 1.54) is 22.7 Å². The number of benzene rings is 2. The van der Waals surface area contributed by atoms with Crippen LogP contribution < -0.4 is 4.90 Å². The van der Waals surface area contributed by atoms with Gasteiger partial charge in [-0.15, -0.1) is 0 Å². The Hall–Kier alpha value is -3.17. The minimum absolute atomic E-state index is 0.0346. The van der Waals surface area contributed by atoms with Crippen molar-refractivity contribution in [2.24, 2.45) is 4.99 Å². The maximum atomic E-state index is 12.7. The molecule has 1 amide bonds. The number of thioether (sulfide) groups is 1. The maximum absolute atomic E-state index is 12.7. The van der Waals surface area contributed by atoms with E-state index in [2.05, 4.69) is 9.89 Å². The molecule has 0 spiro atoms. The molecule has 0 unspecified atom stereocenters. The van der Waals surface area contributed by atoms with Crippen molar-refractivity contribution in [3.63, 3.8) is 0 Å². The Balaban J connectivity index is 1.54. The van der Waals surface area contributed by atoms with Crippen molar-refractivity contribution in [2.45, 2.75) is 6.92 Å². The molecule has 2 aliphatic heterocycles. The summed E-state index contributed by atoms with van der Waals surface area (Å²) >= 11 is 1.26. The van der Waals surface area contributed by atoms with E-state index in [-0.39, 0.29) is 11.6 Å². The molecule has 2 saturated heterocycles. The molecule has 9 heteroatoms. The van der Waals surface area contributed by atoms with Gasteiger partial charge >= 0.3 is 0 Å². The SMILES string of the molecule is Cc1ccc(/C=C2\SC(=Nc3ccc(N4CCOCC4)cc3)N(C)C2=O)cc1[N+](=O)[O-]. The van der Waals surface area contributed by atoms with Gasteiger partial charge in [-0.3, -0.25) is 19.8 Å². The van der Waals surface area contributed by atoms with E-state index in [0.717, 1.165) is 37.7 Å². The second-order valence-corrected chi connectivity index (χ2v) is 8.30. The lowest BCUT2D eigenvalue weighted by molar-refractivity contribution is -0.385. The molecule has 2 fully saturated rings. The first-order valence-electron chi connectivity index (χ1n) is 9.86. The van der Waals surface area contributed by atoms with Crippen molar-refractivity contribution in [3.8, 4) is 0 Å². The van der Waals surface area contributed by atoms with Crippen LogP contribution in [0.1, 0.15) is 11.1 Å². The summed E-state index contributed by atoms with van der Waals surface area (Å²) in [6.45, 7) is 4.88. The van der Waals surface area contributed by atoms with E-state index >= 15 is 0 Å². The number of amides is 1. The lowest BCUT2D eigenvalue weighted by atomic mass is 10.1. The van der Waals surface area contributed by atoms with Gasteiger partial charge in [0.25, 0.3) is 11.6 Å². The zero-order valence-electron chi connectivity index (χ0n) is 17.3. The number of carbonyl (C=O) groups is 1. The normalized spacial score (nSPS) is 19.5. The van der Waals surface area contributed by atoms with Crippen LogP contribution in [0.4, 0.5) is 17.1 Å². The van der Waals surface area contributed by atoms with Crippen molar-refractivity contribution in [1.29, 1.82) is 0 Å². The standard InChI is InChI=1S/C22H22N4O4S/c1-15-3-4-16(13-19(15)26(28)29)14-20-21(27)24(2)22(31-20)23-17-5-7-18(8-6-17)25-9-11-30-12-10-25/h3-8,13-14H,9-12H2,1-2H3/b20-14-,23-22?. The van der Waals surface area contributed by atoms with Crippen LogP contribution in [0.3, 0.4) is 0 Å². The van der Waals surface area contributed by atoms with E-state index in [1.54, 1.807) is 32.2 Å². The van der Waals surface area contributed by atoms with Crippen LogP contribution in [0.2, 0.25) is 0 Å². The van der Waals surface area contributed by atoms with Crippen LogP contribution in [-0.2, 0) is 9.53 Å². The number of aliphatic imine (C=N–C) groups is 1. The summed E-state index contributed by atoms with van der Waals surface area (Å²) in [6, 6.07) is 12.8. The molecule has 0 radical (unpaired) electrons. The van der Waals surface area contributed by atoms with Crippen LogP contribution >= 0.6 is 11.8 Å². The molecule has 0 aromatic heterocycles. The molecule has 4 rings (SSSR count). The number of aryl methyl sites for hydroxylation is 1. The number of morpholine rings is 1. The van der Waals surface area contributed by atoms with E-state index in [9.17, 15) is 14.9 Å². The molecule has 0 saturated carbocycles. The first-order valence-corrected chi connectivity index (χ1v) is 10.7. The van der Waals surface area contributed by atoms with Crippen LogP contribution in [0, 0.1) is 17.0 Å². The number of ether oxygens (including phenoxy) is 1. The second-order valence-electron chi connectivity index (χ2n) is 7.29. The highest BCUT2D eigenvalue weighted by Gasteiger charge is 2.30. The molecule has 0 bridgehead atoms. The number of amidine groups is 1. The average Bonchev–Trinajstić information content (AvgIpc) is 3.03. The number of rotatable bonds is 4. The monoisotopic (exact) mass is 438 g/mol. The smallest absolute Gasteiger partial charge is 0.272 e. The molecule has 0 N–H and O–H groups in total. The summed E-state index contributed by atoms with van der Waals surface area (Å²) in [5.74, 6) is -0.183. The number of hydrogen-bond donors (Lipinski definition) is 0. The van der Waals surface area contributed by atoms with Gasteiger partial charge in [-0.25, -0.2) is 4.99 Å². The molecular formula is C22H22N4O4S. The van der Waals surface area contributed by atoms with Gasteiger partial charge in [0, 0.05) is 37.5 Å². The van der Waals surface area contributed by atoms with Crippen molar-refractivity contribution >= 4 is 46.0 Å². The molecule has 2 aromatic carbocycles. The van der Waals surface area contributed by atoms with E-state index < -0.39 is 4.92 Å². The fraction of sp³-hybridized carbons (Fsp3) is 0.273. The number of nitro groups is 1. The zero-order valence-corrected chi connectivity index (χ0v) is 18.1. The van der Waals surface area contributed by atoms with Gasteiger partial charge in [-0.2, -0.15) is 0 Å². The van der Waals surface area contributed by atoms with Gasteiger partial charge in [-0.1, -0.05) is 12.1 Å². The molecule has 2 aromatic rings. The van der Waals surface area contributed by atoms with Gasteiger partial charge in [0.15, 0.2) is 5.17 Å². The summed E-state index contributed by atoms with van der Waals surface area (Å²) in [5, 5.41) is 11.8. The molecule has 2 heterocycles. The fourth-order valence-corrected chi connectivity index (χ4v) is 4.37. The van der Waals surface area contributed by atoms with E-state index in [1.807, 2.05) is 24.3 Å². The van der Waals surface area contributed by atoms with Gasteiger partial charge < -0.3 is 9.64 Å². The molecule has 31 heavy (non-hydrogen) atoms. The van der Waals surface area contributed by atoms with Crippen molar-refractivity contribution in [3.05, 3.63) is 68.6 Å². The van der Waals surface area contributed by atoms with E-state index in [0.29, 0.717) is 21.2 Å². The Morgan fingerprint density at radius 3 is 2.55 bits per heavy atom. The molecule has 2 aliphatic rings. The summed E-state index contributed by atoms with van der Waals surface area (Å²) < 4.78 is 5.39. The van der Waals surface area contributed by atoms with Gasteiger partial charge in [-0.05, 0) is 54.6 Å². The topological polar surface area (TPSA) is 88.3 Å². The maximum Gasteiger partial charge on any atom is 0.272 e. The Bertz CT molecular complexity index is 1080. The third-order valence-electron chi connectivity index (χ3n) is 5.18. The average molecular weight is 439 g/mol. The van der Waals surface area contributed by atoms with E-state index in [4.69, 9.17) is 4.74 Å². The summed E-state index contributed by atoms with van der Waals surface area (Å²) in [7, 11) is 1.68. The minimum Gasteiger partial charge on any atom is -0.378 e. The summed E-state index contributed by atoms with van der Waals surface area (Å²) in [6.07, 6.45) is 1.67.